The average Bonchev–Trinajstić information content (AvgIpc) is 2.56. The van der Waals surface area contributed by atoms with E-state index in [2.05, 4.69) is 20.9 Å². The van der Waals surface area contributed by atoms with Gasteiger partial charge in [-0.05, 0) is 53.4 Å². The lowest BCUT2D eigenvalue weighted by Crippen LogP contribution is -2.32. The van der Waals surface area contributed by atoms with Crippen LogP contribution in [0, 0.1) is 0 Å². The lowest BCUT2D eigenvalue weighted by atomic mass is 10.0. The highest BCUT2D eigenvalue weighted by molar-refractivity contribution is 9.10. The molecule has 1 unspecified atom stereocenters. The Labute approximate surface area is 142 Å². The lowest BCUT2D eigenvalue weighted by molar-refractivity contribution is -0.152. The van der Waals surface area contributed by atoms with Crippen LogP contribution in [-0.4, -0.2) is 23.7 Å². The Kier molecular flexibility index (Phi) is 4.81. The second-order valence-corrected chi connectivity index (χ2v) is 6.00. The first-order valence-corrected chi connectivity index (χ1v) is 8.20. The quantitative estimate of drug-likeness (QED) is 0.756. The van der Waals surface area contributed by atoms with Crippen LogP contribution in [0.25, 0.3) is 0 Å². The highest BCUT2D eigenvalue weighted by Crippen LogP contribution is 2.33. The molecule has 3 rings (SSSR count). The number of hydrogen-bond donors (Lipinski definition) is 0. The number of rotatable bonds is 4. The molecule has 0 saturated carbocycles. The summed E-state index contributed by atoms with van der Waals surface area (Å²) >= 11 is 3.33. The van der Waals surface area contributed by atoms with E-state index >= 15 is 0 Å². The molecule has 0 N–H and O–H groups in total. The van der Waals surface area contributed by atoms with Crippen LogP contribution in [0.3, 0.4) is 0 Å². The van der Waals surface area contributed by atoms with Crippen molar-refractivity contribution in [3.63, 3.8) is 0 Å². The minimum Gasteiger partial charge on any atom is -0.478 e. The van der Waals surface area contributed by atoms with Gasteiger partial charge in [0, 0.05) is 22.8 Å². The Morgan fingerprint density at radius 2 is 2.26 bits per heavy atom. The second kappa shape index (κ2) is 7.00. The molecule has 2 aromatic rings. The number of pyridine rings is 1. The predicted octanol–water partition coefficient (Wildman–Crippen LogP) is 3.89. The molecule has 1 aromatic carbocycles. The number of esters is 1. The lowest BCUT2D eigenvalue weighted by Gasteiger charge is -2.24. The number of aryl methyl sites for hydroxylation is 1. The van der Waals surface area contributed by atoms with Crippen LogP contribution in [0.15, 0.2) is 41.0 Å². The van der Waals surface area contributed by atoms with Gasteiger partial charge in [0.1, 0.15) is 11.5 Å². The van der Waals surface area contributed by atoms with Crippen LogP contribution in [0.2, 0.25) is 0 Å². The van der Waals surface area contributed by atoms with Crippen LogP contribution >= 0.6 is 15.9 Å². The molecule has 0 fully saturated rings. The molecule has 5 nitrogen and oxygen atoms in total. The first-order chi connectivity index (χ1) is 11.2. The number of carbonyl (C=O) groups excluding carboxylic acids is 1. The van der Waals surface area contributed by atoms with E-state index in [1.54, 1.807) is 25.3 Å². The molecule has 1 aromatic heterocycles. The molecule has 0 radical (unpaired) electrons. The van der Waals surface area contributed by atoms with Crippen LogP contribution in [0.5, 0.6) is 17.4 Å². The first kappa shape index (κ1) is 15.8. The van der Waals surface area contributed by atoms with Gasteiger partial charge < -0.3 is 14.2 Å². The van der Waals surface area contributed by atoms with Gasteiger partial charge in [0.05, 0.1) is 6.61 Å². The highest BCUT2D eigenvalue weighted by Gasteiger charge is 2.27. The molecule has 0 spiro atoms. The zero-order valence-electron chi connectivity index (χ0n) is 12.6. The Morgan fingerprint density at radius 3 is 3.00 bits per heavy atom. The third kappa shape index (κ3) is 3.82. The topological polar surface area (TPSA) is 57.7 Å². The first-order valence-electron chi connectivity index (χ1n) is 7.41. The minimum atomic E-state index is -0.552. The largest absolute Gasteiger partial charge is 0.478 e. The maximum atomic E-state index is 11.8. The van der Waals surface area contributed by atoms with E-state index in [1.807, 2.05) is 18.2 Å². The van der Waals surface area contributed by atoms with Gasteiger partial charge in [-0.15, -0.1) is 0 Å². The number of fused-ring (bicyclic) bond motifs is 1. The summed E-state index contributed by atoms with van der Waals surface area (Å²) in [7, 11) is 0. The Balaban J connectivity index is 1.75. The van der Waals surface area contributed by atoms with Gasteiger partial charge in [-0.1, -0.05) is 6.07 Å². The molecule has 1 aliphatic rings. The van der Waals surface area contributed by atoms with E-state index in [-0.39, 0.29) is 5.97 Å². The molecule has 23 heavy (non-hydrogen) atoms. The van der Waals surface area contributed by atoms with Crippen LogP contribution in [-0.2, 0) is 16.0 Å². The van der Waals surface area contributed by atoms with Crippen molar-refractivity contribution < 1.29 is 19.0 Å². The normalized spacial score (nSPS) is 16.2. The van der Waals surface area contributed by atoms with Crippen molar-refractivity contribution >= 4 is 21.9 Å². The smallest absolute Gasteiger partial charge is 0.347 e. The molecule has 2 heterocycles. The van der Waals surface area contributed by atoms with E-state index in [0.29, 0.717) is 30.4 Å². The van der Waals surface area contributed by atoms with Gasteiger partial charge in [0.15, 0.2) is 6.10 Å². The van der Waals surface area contributed by atoms with E-state index in [4.69, 9.17) is 14.2 Å². The van der Waals surface area contributed by atoms with Gasteiger partial charge in [0.2, 0.25) is 5.88 Å². The van der Waals surface area contributed by atoms with Crippen molar-refractivity contribution in [2.45, 2.75) is 25.9 Å². The van der Waals surface area contributed by atoms with Crippen molar-refractivity contribution in [3.05, 3.63) is 46.6 Å². The fourth-order valence-corrected chi connectivity index (χ4v) is 2.59. The van der Waals surface area contributed by atoms with Crippen molar-refractivity contribution in [1.82, 2.24) is 4.98 Å². The molecule has 6 heteroatoms. The summed E-state index contributed by atoms with van der Waals surface area (Å²) < 4.78 is 17.4. The van der Waals surface area contributed by atoms with Crippen molar-refractivity contribution in [3.8, 4) is 17.4 Å². The molecule has 1 aliphatic heterocycles. The number of aromatic nitrogens is 1. The zero-order chi connectivity index (χ0) is 16.2. The summed E-state index contributed by atoms with van der Waals surface area (Å²) in [6, 6.07) is 9.23. The molecule has 0 aliphatic carbocycles. The van der Waals surface area contributed by atoms with Gasteiger partial charge >= 0.3 is 5.97 Å². The predicted molar refractivity (Wildman–Crippen MR) is 87.8 cm³/mol. The van der Waals surface area contributed by atoms with Crippen LogP contribution in [0.4, 0.5) is 0 Å². The highest BCUT2D eigenvalue weighted by atomic mass is 79.9. The van der Waals surface area contributed by atoms with Crippen LogP contribution < -0.4 is 9.47 Å². The van der Waals surface area contributed by atoms with E-state index in [1.165, 1.54) is 0 Å². The third-order valence-electron chi connectivity index (χ3n) is 3.46. The molecular weight excluding hydrogens is 362 g/mol. The van der Waals surface area contributed by atoms with Crippen molar-refractivity contribution in [2.75, 3.05) is 6.61 Å². The number of benzene rings is 1. The summed E-state index contributed by atoms with van der Waals surface area (Å²) in [4.78, 5) is 16.0. The van der Waals surface area contributed by atoms with E-state index < -0.39 is 6.10 Å². The Hall–Kier alpha value is -2.08. The van der Waals surface area contributed by atoms with Gasteiger partial charge in [-0.25, -0.2) is 9.78 Å². The Morgan fingerprint density at radius 1 is 1.39 bits per heavy atom. The molecule has 1 atom stereocenters. The number of halogens is 1. The summed E-state index contributed by atoms with van der Waals surface area (Å²) in [5.41, 5.74) is 1.06. The maximum Gasteiger partial charge on any atom is 0.347 e. The van der Waals surface area contributed by atoms with Gasteiger partial charge in [-0.3, -0.25) is 0 Å². The Bertz CT molecular complexity index is 702. The monoisotopic (exact) mass is 377 g/mol. The van der Waals surface area contributed by atoms with Gasteiger partial charge in [-0.2, -0.15) is 0 Å². The molecule has 0 saturated heterocycles. The minimum absolute atomic E-state index is 0.320. The standard InChI is InChI=1S/C17H16BrNO4/c1-2-21-17(20)14-7-4-11-3-6-13(9-15(11)23-14)22-16-8-5-12(18)10-19-16/h3,5-6,8-10,14H,2,4,7H2,1H3. The van der Waals surface area contributed by atoms with E-state index in [0.717, 1.165) is 16.5 Å². The average molecular weight is 378 g/mol. The number of carbonyl (C=O) groups is 1. The fraction of sp³-hybridized carbons (Fsp3) is 0.294. The summed E-state index contributed by atoms with van der Waals surface area (Å²) in [6.45, 7) is 2.13. The van der Waals surface area contributed by atoms with Gasteiger partial charge in [0.25, 0.3) is 0 Å². The van der Waals surface area contributed by atoms with Crippen LogP contribution in [0.1, 0.15) is 18.9 Å². The summed E-state index contributed by atoms with van der Waals surface area (Å²) in [6.07, 6.45) is 2.51. The molecule has 0 amide bonds. The SMILES string of the molecule is CCOC(=O)C1CCc2ccc(Oc3ccc(Br)cn3)cc2O1. The number of hydrogen-bond acceptors (Lipinski definition) is 5. The molecular formula is C17H16BrNO4. The summed E-state index contributed by atoms with van der Waals surface area (Å²) in [5, 5.41) is 0. The second-order valence-electron chi connectivity index (χ2n) is 5.08. The summed E-state index contributed by atoms with van der Waals surface area (Å²) in [5.74, 6) is 1.44. The third-order valence-corrected chi connectivity index (χ3v) is 3.92. The van der Waals surface area contributed by atoms with E-state index in [9.17, 15) is 4.79 Å². The molecule has 120 valence electrons. The van der Waals surface area contributed by atoms with Crippen molar-refractivity contribution in [2.24, 2.45) is 0 Å². The zero-order valence-corrected chi connectivity index (χ0v) is 14.2. The fourth-order valence-electron chi connectivity index (χ4n) is 2.36. The number of ether oxygens (including phenoxy) is 3. The molecule has 0 bridgehead atoms. The maximum absolute atomic E-state index is 11.8. The number of nitrogens with zero attached hydrogens (tertiary/aromatic N) is 1. The van der Waals surface area contributed by atoms with Crippen molar-refractivity contribution in [1.29, 1.82) is 0 Å².